The van der Waals surface area contributed by atoms with Crippen LogP contribution in [0, 0.1) is 0 Å². The lowest BCUT2D eigenvalue weighted by Gasteiger charge is -2.37. The lowest BCUT2D eigenvalue weighted by atomic mass is 10.1. The first-order chi connectivity index (χ1) is 14.2. The third kappa shape index (κ3) is 6.17. The van der Waals surface area contributed by atoms with E-state index in [2.05, 4.69) is 51.5 Å². The molecule has 1 saturated heterocycles. The molecule has 29 heavy (non-hydrogen) atoms. The zero-order valence-electron chi connectivity index (χ0n) is 17.4. The van der Waals surface area contributed by atoms with Gasteiger partial charge in [0.05, 0.1) is 13.2 Å². The highest BCUT2D eigenvalue weighted by Gasteiger charge is 2.25. The van der Waals surface area contributed by atoms with Gasteiger partial charge in [-0.15, -0.1) is 0 Å². The minimum absolute atomic E-state index is 0.0633. The van der Waals surface area contributed by atoms with Gasteiger partial charge in [0, 0.05) is 44.8 Å². The van der Waals surface area contributed by atoms with E-state index in [1.54, 1.807) is 7.11 Å². The molecule has 1 N–H and O–H groups in total. The SMILES string of the molecule is COc1ccccc1CNC(=O)[C@@H](C)N1CCN(C/C=C/c2ccccc2)CC1. The zero-order chi connectivity index (χ0) is 20.5. The maximum absolute atomic E-state index is 12.6. The van der Waals surface area contributed by atoms with E-state index < -0.39 is 0 Å². The van der Waals surface area contributed by atoms with E-state index >= 15 is 0 Å². The maximum Gasteiger partial charge on any atom is 0.237 e. The summed E-state index contributed by atoms with van der Waals surface area (Å²) < 4.78 is 5.35. The highest BCUT2D eigenvalue weighted by atomic mass is 16.5. The van der Waals surface area contributed by atoms with Gasteiger partial charge >= 0.3 is 0 Å². The molecule has 1 fully saturated rings. The van der Waals surface area contributed by atoms with Crippen LogP contribution in [0.25, 0.3) is 6.08 Å². The number of nitrogens with zero attached hydrogens (tertiary/aromatic N) is 2. The van der Waals surface area contributed by atoms with Gasteiger partial charge in [-0.2, -0.15) is 0 Å². The van der Waals surface area contributed by atoms with Crippen molar-refractivity contribution in [2.24, 2.45) is 0 Å². The molecule has 0 aromatic heterocycles. The number of carbonyl (C=O) groups excluding carboxylic acids is 1. The topological polar surface area (TPSA) is 44.8 Å². The van der Waals surface area contributed by atoms with Crippen molar-refractivity contribution in [3.8, 4) is 5.75 Å². The number of nitrogens with one attached hydrogen (secondary N) is 1. The van der Waals surface area contributed by atoms with Gasteiger partial charge in [0.15, 0.2) is 0 Å². The molecule has 0 radical (unpaired) electrons. The molecule has 1 heterocycles. The molecule has 2 aromatic rings. The summed E-state index contributed by atoms with van der Waals surface area (Å²) in [5.74, 6) is 0.867. The number of carbonyl (C=O) groups is 1. The fourth-order valence-electron chi connectivity index (χ4n) is 3.58. The van der Waals surface area contributed by atoms with Gasteiger partial charge in [0.25, 0.3) is 0 Å². The Hall–Kier alpha value is -2.63. The van der Waals surface area contributed by atoms with Crippen molar-refractivity contribution in [2.45, 2.75) is 19.5 Å². The Kier molecular flexibility index (Phi) is 7.85. The Balaban J connectivity index is 1.41. The van der Waals surface area contributed by atoms with E-state index in [4.69, 9.17) is 4.74 Å². The Morgan fingerprint density at radius 1 is 1.07 bits per heavy atom. The Bertz CT molecular complexity index is 799. The lowest BCUT2D eigenvalue weighted by molar-refractivity contribution is -0.126. The average Bonchev–Trinajstić information content (AvgIpc) is 2.78. The molecule has 1 aliphatic heterocycles. The van der Waals surface area contributed by atoms with Crippen molar-refractivity contribution >= 4 is 12.0 Å². The molecule has 0 saturated carbocycles. The van der Waals surface area contributed by atoms with Gasteiger partial charge in [0.1, 0.15) is 5.75 Å². The fraction of sp³-hybridized carbons (Fsp3) is 0.375. The van der Waals surface area contributed by atoms with Crippen LogP contribution in [-0.4, -0.2) is 61.6 Å². The van der Waals surface area contributed by atoms with Crippen molar-refractivity contribution < 1.29 is 9.53 Å². The zero-order valence-corrected chi connectivity index (χ0v) is 17.4. The van der Waals surface area contributed by atoms with Crippen molar-refractivity contribution in [3.05, 3.63) is 71.8 Å². The molecule has 2 aromatic carbocycles. The van der Waals surface area contributed by atoms with Crippen LogP contribution in [0.1, 0.15) is 18.1 Å². The van der Waals surface area contributed by atoms with Crippen LogP contribution in [0.5, 0.6) is 5.75 Å². The summed E-state index contributed by atoms with van der Waals surface area (Å²) >= 11 is 0. The summed E-state index contributed by atoms with van der Waals surface area (Å²) in [5.41, 5.74) is 2.22. The van der Waals surface area contributed by atoms with Gasteiger partial charge < -0.3 is 10.1 Å². The van der Waals surface area contributed by atoms with Crippen molar-refractivity contribution in [1.29, 1.82) is 0 Å². The predicted molar refractivity (Wildman–Crippen MR) is 118 cm³/mol. The highest BCUT2D eigenvalue weighted by molar-refractivity contribution is 5.81. The first kappa shape index (κ1) is 21.1. The van der Waals surface area contributed by atoms with Gasteiger partial charge in [-0.1, -0.05) is 60.7 Å². The molecule has 0 aliphatic carbocycles. The smallest absolute Gasteiger partial charge is 0.237 e. The minimum Gasteiger partial charge on any atom is -0.496 e. The van der Waals surface area contributed by atoms with Crippen LogP contribution < -0.4 is 10.1 Å². The molecule has 3 rings (SSSR count). The molecular formula is C24H31N3O2. The number of piperazine rings is 1. The third-order valence-electron chi connectivity index (χ3n) is 5.45. The summed E-state index contributed by atoms with van der Waals surface area (Å²) in [5, 5.41) is 3.05. The van der Waals surface area contributed by atoms with Crippen LogP contribution in [0.2, 0.25) is 0 Å². The number of hydrogen-bond donors (Lipinski definition) is 1. The Morgan fingerprint density at radius 3 is 2.48 bits per heavy atom. The van der Waals surface area contributed by atoms with Gasteiger partial charge in [-0.05, 0) is 18.6 Å². The van der Waals surface area contributed by atoms with E-state index in [0.29, 0.717) is 6.54 Å². The molecule has 0 bridgehead atoms. The van der Waals surface area contributed by atoms with Gasteiger partial charge in [0.2, 0.25) is 5.91 Å². The Labute approximate surface area is 174 Å². The van der Waals surface area contributed by atoms with E-state index in [-0.39, 0.29) is 11.9 Å². The van der Waals surface area contributed by atoms with E-state index in [1.165, 1.54) is 5.56 Å². The van der Waals surface area contributed by atoms with Gasteiger partial charge in [-0.25, -0.2) is 0 Å². The largest absolute Gasteiger partial charge is 0.496 e. The van der Waals surface area contributed by atoms with Crippen LogP contribution in [0.3, 0.4) is 0 Å². The van der Waals surface area contributed by atoms with E-state index in [9.17, 15) is 4.79 Å². The number of amides is 1. The van der Waals surface area contributed by atoms with Gasteiger partial charge in [-0.3, -0.25) is 14.6 Å². The number of rotatable bonds is 8. The molecule has 1 atom stereocenters. The third-order valence-corrected chi connectivity index (χ3v) is 5.45. The first-order valence-electron chi connectivity index (χ1n) is 10.2. The van der Waals surface area contributed by atoms with Crippen molar-refractivity contribution in [1.82, 2.24) is 15.1 Å². The predicted octanol–water partition coefficient (Wildman–Crippen LogP) is 3.03. The summed E-state index contributed by atoms with van der Waals surface area (Å²) in [6, 6.07) is 18.0. The second-order valence-electron chi connectivity index (χ2n) is 7.36. The first-order valence-corrected chi connectivity index (χ1v) is 10.2. The van der Waals surface area contributed by atoms with Crippen molar-refractivity contribution in [2.75, 3.05) is 39.8 Å². The summed E-state index contributed by atoms with van der Waals surface area (Å²) in [6.07, 6.45) is 4.38. The summed E-state index contributed by atoms with van der Waals surface area (Å²) in [7, 11) is 1.65. The number of hydrogen-bond acceptors (Lipinski definition) is 4. The van der Waals surface area contributed by atoms with E-state index in [0.717, 1.165) is 44.0 Å². The molecule has 1 amide bonds. The fourth-order valence-corrected chi connectivity index (χ4v) is 3.58. The van der Waals surface area contributed by atoms with Crippen LogP contribution in [-0.2, 0) is 11.3 Å². The average molecular weight is 394 g/mol. The second kappa shape index (κ2) is 10.8. The Morgan fingerprint density at radius 2 is 1.76 bits per heavy atom. The van der Waals surface area contributed by atoms with E-state index in [1.807, 2.05) is 37.3 Å². The molecular weight excluding hydrogens is 362 g/mol. The molecule has 154 valence electrons. The number of methoxy groups -OCH3 is 1. The van der Waals surface area contributed by atoms with Crippen LogP contribution in [0.15, 0.2) is 60.7 Å². The summed E-state index contributed by atoms with van der Waals surface area (Å²) in [4.78, 5) is 17.3. The number of benzene rings is 2. The number of ether oxygens (including phenoxy) is 1. The minimum atomic E-state index is -0.133. The molecule has 5 heteroatoms. The lowest BCUT2D eigenvalue weighted by Crippen LogP contribution is -2.53. The number of para-hydroxylation sites is 1. The van der Waals surface area contributed by atoms with Crippen LogP contribution in [0.4, 0.5) is 0 Å². The molecule has 0 spiro atoms. The van der Waals surface area contributed by atoms with Crippen molar-refractivity contribution in [3.63, 3.8) is 0 Å². The standard InChI is InChI=1S/C24H31N3O2/c1-20(24(28)25-19-22-12-6-7-13-23(22)29-2)27-17-15-26(16-18-27)14-8-11-21-9-4-3-5-10-21/h3-13,20H,14-19H2,1-2H3,(H,25,28)/b11-8+/t20-/m1/s1. The molecule has 0 unspecified atom stereocenters. The summed E-state index contributed by atoms with van der Waals surface area (Å²) in [6.45, 7) is 7.18. The quantitative estimate of drug-likeness (QED) is 0.749. The molecule has 5 nitrogen and oxygen atoms in total. The molecule has 1 aliphatic rings. The van der Waals surface area contributed by atoms with Crippen LogP contribution >= 0.6 is 0 Å². The normalized spacial score (nSPS) is 16.6. The maximum atomic E-state index is 12.6. The monoisotopic (exact) mass is 393 g/mol. The highest BCUT2D eigenvalue weighted by Crippen LogP contribution is 2.17. The second-order valence-corrected chi connectivity index (χ2v) is 7.36.